The molecule has 1 heterocycles. The second-order valence-corrected chi connectivity index (χ2v) is 7.43. The largest absolute Gasteiger partial charge is 0.470 e. The predicted molar refractivity (Wildman–Crippen MR) is 97.6 cm³/mol. The van der Waals surface area contributed by atoms with Crippen molar-refractivity contribution < 1.29 is 14.1 Å². The topological polar surface area (TPSA) is 52.3 Å². The van der Waals surface area contributed by atoms with Gasteiger partial charge in [0.2, 0.25) is 0 Å². The van der Waals surface area contributed by atoms with E-state index >= 15 is 0 Å². The smallest absolute Gasteiger partial charge is 0.262 e. The fraction of sp³-hybridized carbons (Fsp3) is 0.364. The maximum Gasteiger partial charge on any atom is 0.262 e. The SMILES string of the molecule is CCC1c2onc(OCc3ccccc3)c2C2=C(C)C23C(=O)C=CCC13. The molecule has 3 aliphatic carbocycles. The van der Waals surface area contributed by atoms with E-state index in [4.69, 9.17) is 9.26 Å². The molecule has 0 bridgehead atoms. The number of hydrogen-bond acceptors (Lipinski definition) is 4. The van der Waals surface area contributed by atoms with Crippen molar-refractivity contribution in [3.05, 3.63) is 64.9 Å². The summed E-state index contributed by atoms with van der Waals surface area (Å²) in [7, 11) is 0. The molecule has 132 valence electrons. The Morgan fingerprint density at radius 3 is 2.88 bits per heavy atom. The van der Waals surface area contributed by atoms with Gasteiger partial charge < -0.3 is 9.26 Å². The van der Waals surface area contributed by atoms with Crippen LogP contribution in [0, 0.1) is 11.3 Å². The molecule has 0 saturated carbocycles. The first kappa shape index (κ1) is 15.6. The first-order valence-corrected chi connectivity index (χ1v) is 9.29. The lowest BCUT2D eigenvalue weighted by Gasteiger charge is -2.38. The van der Waals surface area contributed by atoms with Crippen LogP contribution in [0.4, 0.5) is 0 Å². The highest BCUT2D eigenvalue weighted by Crippen LogP contribution is 2.73. The molecule has 4 nitrogen and oxygen atoms in total. The van der Waals surface area contributed by atoms with Gasteiger partial charge >= 0.3 is 0 Å². The zero-order valence-corrected chi connectivity index (χ0v) is 15.0. The van der Waals surface area contributed by atoms with Crippen molar-refractivity contribution in [2.45, 2.75) is 39.2 Å². The van der Waals surface area contributed by atoms with Crippen LogP contribution in [0.2, 0.25) is 0 Å². The fourth-order valence-corrected chi connectivity index (χ4v) is 5.11. The molecule has 1 aromatic carbocycles. The molecule has 4 heteroatoms. The third-order valence-corrected chi connectivity index (χ3v) is 6.32. The number of ketones is 1. The molecule has 0 amide bonds. The highest BCUT2D eigenvalue weighted by atomic mass is 16.5. The standard InChI is InChI=1S/C22H21NO3/c1-3-15-16-10-7-11-17(24)22(16)13(2)19(22)18-20(15)26-23-21(18)25-12-14-8-5-4-6-9-14/h4-9,11,15-16H,3,10,12H2,1-2H3. The van der Waals surface area contributed by atoms with Crippen molar-refractivity contribution in [3.8, 4) is 5.88 Å². The Morgan fingerprint density at radius 1 is 1.31 bits per heavy atom. The van der Waals surface area contributed by atoms with Crippen LogP contribution in [0.3, 0.4) is 0 Å². The van der Waals surface area contributed by atoms with E-state index in [9.17, 15) is 4.79 Å². The van der Waals surface area contributed by atoms with Crippen molar-refractivity contribution in [3.63, 3.8) is 0 Å². The monoisotopic (exact) mass is 347 g/mol. The molecule has 26 heavy (non-hydrogen) atoms. The first-order chi connectivity index (χ1) is 12.7. The van der Waals surface area contributed by atoms with Gasteiger partial charge in [-0.1, -0.05) is 43.3 Å². The third kappa shape index (κ3) is 1.84. The minimum Gasteiger partial charge on any atom is -0.470 e. The molecule has 0 fully saturated rings. The third-order valence-electron chi connectivity index (χ3n) is 6.32. The van der Waals surface area contributed by atoms with Gasteiger partial charge in [0, 0.05) is 5.92 Å². The number of carbonyl (C=O) groups excluding carboxylic acids is 1. The van der Waals surface area contributed by atoms with Crippen LogP contribution in [0.15, 0.2) is 52.6 Å². The van der Waals surface area contributed by atoms with E-state index in [1.54, 1.807) is 6.08 Å². The van der Waals surface area contributed by atoms with Crippen molar-refractivity contribution in [1.29, 1.82) is 0 Å². The number of ether oxygens (including phenoxy) is 1. The molecule has 0 radical (unpaired) electrons. The van der Waals surface area contributed by atoms with Crippen LogP contribution in [-0.4, -0.2) is 10.9 Å². The number of aromatic nitrogens is 1. The van der Waals surface area contributed by atoms with Crippen molar-refractivity contribution in [2.24, 2.45) is 11.3 Å². The minimum absolute atomic E-state index is 0.196. The second kappa shape index (κ2) is 5.44. The average Bonchev–Trinajstić information content (AvgIpc) is 3.06. The van der Waals surface area contributed by atoms with Crippen molar-refractivity contribution in [2.75, 3.05) is 0 Å². The zero-order valence-electron chi connectivity index (χ0n) is 15.0. The molecule has 3 aliphatic rings. The molecule has 2 aromatic rings. The summed E-state index contributed by atoms with van der Waals surface area (Å²) in [6, 6.07) is 10.0. The number of nitrogens with zero attached hydrogens (tertiary/aromatic N) is 1. The summed E-state index contributed by atoms with van der Waals surface area (Å²) in [6.45, 7) is 4.67. The van der Waals surface area contributed by atoms with Gasteiger partial charge in [-0.2, -0.15) is 0 Å². The Hall–Kier alpha value is -2.62. The molecule has 0 aliphatic heterocycles. The molecule has 5 rings (SSSR count). The second-order valence-electron chi connectivity index (χ2n) is 7.43. The molecule has 0 N–H and O–H groups in total. The Kier molecular flexibility index (Phi) is 3.27. The summed E-state index contributed by atoms with van der Waals surface area (Å²) in [4.78, 5) is 12.9. The van der Waals surface area contributed by atoms with E-state index in [0.717, 1.165) is 35.3 Å². The summed E-state index contributed by atoms with van der Waals surface area (Å²) in [6.07, 6.45) is 5.60. The quantitative estimate of drug-likeness (QED) is 0.806. The lowest BCUT2D eigenvalue weighted by atomic mass is 9.62. The van der Waals surface area contributed by atoms with Gasteiger partial charge in [0.15, 0.2) is 11.5 Å². The van der Waals surface area contributed by atoms with Gasteiger partial charge in [0.05, 0.1) is 11.0 Å². The summed E-state index contributed by atoms with van der Waals surface area (Å²) in [5.41, 5.74) is 3.85. The van der Waals surface area contributed by atoms with Crippen LogP contribution >= 0.6 is 0 Å². The fourth-order valence-electron chi connectivity index (χ4n) is 5.11. The Bertz CT molecular complexity index is 953. The normalized spacial score (nSPS) is 28.5. The highest BCUT2D eigenvalue weighted by molar-refractivity contribution is 6.18. The van der Waals surface area contributed by atoms with Crippen LogP contribution in [-0.2, 0) is 11.4 Å². The van der Waals surface area contributed by atoms with Gasteiger partial charge in [0.25, 0.3) is 5.88 Å². The molecule has 3 atom stereocenters. The molecule has 0 saturated heterocycles. The average molecular weight is 347 g/mol. The Morgan fingerprint density at radius 2 is 2.12 bits per heavy atom. The molecule has 3 unspecified atom stereocenters. The van der Waals surface area contributed by atoms with E-state index in [-0.39, 0.29) is 17.6 Å². The number of carbonyl (C=O) groups is 1. The van der Waals surface area contributed by atoms with Crippen molar-refractivity contribution >= 4 is 11.4 Å². The maximum atomic E-state index is 12.9. The number of fused-ring (bicyclic) bond motifs is 2. The van der Waals surface area contributed by atoms with Crippen LogP contribution in [0.5, 0.6) is 5.88 Å². The van der Waals surface area contributed by atoms with E-state index in [0.29, 0.717) is 12.5 Å². The molecular weight excluding hydrogens is 326 g/mol. The van der Waals surface area contributed by atoms with Gasteiger partial charge in [-0.05, 0) is 53.6 Å². The maximum absolute atomic E-state index is 12.9. The lowest BCUT2D eigenvalue weighted by molar-refractivity contribution is -0.121. The number of benzene rings is 1. The van der Waals surface area contributed by atoms with E-state index in [1.165, 1.54) is 5.57 Å². The van der Waals surface area contributed by atoms with Crippen molar-refractivity contribution in [1.82, 2.24) is 5.16 Å². The molecular formula is C22H21NO3. The van der Waals surface area contributed by atoms with E-state index < -0.39 is 5.41 Å². The number of rotatable bonds is 4. The van der Waals surface area contributed by atoms with E-state index in [1.807, 2.05) is 36.4 Å². The summed E-state index contributed by atoms with van der Waals surface area (Å²) >= 11 is 0. The van der Waals surface area contributed by atoms with Gasteiger partial charge in [-0.25, -0.2) is 0 Å². The van der Waals surface area contributed by atoms with Gasteiger partial charge in [-0.3, -0.25) is 4.79 Å². The Balaban J connectivity index is 1.55. The van der Waals surface area contributed by atoms with Crippen LogP contribution in [0.1, 0.15) is 49.5 Å². The lowest BCUT2D eigenvalue weighted by Crippen LogP contribution is -2.37. The highest BCUT2D eigenvalue weighted by Gasteiger charge is 2.67. The number of allylic oxidation sites excluding steroid dienone is 4. The molecule has 1 spiro atoms. The van der Waals surface area contributed by atoms with Gasteiger partial charge in [-0.15, -0.1) is 0 Å². The zero-order chi connectivity index (χ0) is 17.9. The molecule has 1 aromatic heterocycles. The minimum atomic E-state index is -0.432. The van der Waals surface area contributed by atoms with Gasteiger partial charge in [0.1, 0.15) is 6.61 Å². The van der Waals surface area contributed by atoms with E-state index in [2.05, 4.69) is 19.0 Å². The first-order valence-electron chi connectivity index (χ1n) is 9.29. The Labute approximate surface area is 152 Å². The predicted octanol–water partition coefficient (Wildman–Crippen LogP) is 4.68. The van der Waals surface area contributed by atoms with Crippen LogP contribution in [0.25, 0.3) is 5.57 Å². The summed E-state index contributed by atoms with van der Waals surface area (Å²) < 4.78 is 11.8. The number of hydrogen-bond donors (Lipinski definition) is 0. The summed E-state index contributed by atoms with van der Waals surface area (Å²) in [5.74, 6) is 2.07. The van der Waals surface area contributed by atoms with Crippen LogP contribution < -0.4 is 4.74 Å². The summed E-state index contributed by atoms with van der Waals surface area (Å²) in [5, 5.41) is 4.24.